The minimum absolute atomic E-state index is 0.414. The number of rotatable bonds is 4. The van der Waals surface area contributed by atoms with Gasteiger partial charge in [-0.1, -0.05) is 38.0 Å². The molecule has 1 aromatic heterocycles. The highest BCUT2D eigenvalue weighted by molar-refractivity contribution is 7.17. The lowest BCUT2D eigenvalue weighted by Gasteiger charge is -2.28. The Kier molecular flexibility index (Phi) is 4.80. The van der Waals surface area contributed by atoms with Crippen LogP contribution in [0, 0.1) is 0 Å². The van der Waals surface area contributed by atoms with Crippen LogP contribution >= 0.6 is 11.3 Å². The van der Waals surface area contributed by atoms with E-state index in [1.807, 2.05) is 6.92 Å². The molecule has 1 fully saturated rings. The smallest absolute Gasteiger partial charge is 0.347 e. The first-order valence-corrected chi connectivity index (χ1v) is 7.98. The van der Waals surface area contributed by atoms with E-state index >= 15 is 0 Å². The molecule has 19 heavy (non-hydrogen) atoms. The molecule has 1 aliphatic rings. The molecule has 1 unspecified atom stereocenters. The molecule has 1 N–H and O–H groups in total. The van der Waals surface area contributed by atoms with Crippen molar-refractivity contribution in [2.24, 2.45) is 0 Å². The van der Waals surface area contributed by atoms with Gasteiger partial charge in [0.15, 0.2) is 5.13 Å². The standard InChI is InChI=1S/C14H22N2O2S/c1-3-10-8-6-5-7-9-16(10)14-15-11(4-2)12(19-14)13(17)18/h10H,3-9H2,1-2H3,(H,17,18). The van der Waals surface area contributed by atoms with Crippen LogP contribution in [0.25, 0.3) is 0 Å². The molecule has 0 spiro atoms. The predicted octanol–water partition coefficient (Wildman–Crippen LogP) is 3.56. The van der Waals surface area contributed by atoms with E-state index in [4.69, 9.17) is 0 Å². The number of nitrogens with zero attached hydrogens (tertiary/aromatic N) is 2. The van der Waals surface area contributed by atoms with E-state index in [0.29, 0.717) is 17.3 Å². The van der Waals surface area contributed by atoms with Crippen LogP contribution < -0.4 is 4.90 Å². The Balaban J connectivity index is 2.30. The Morgan fingerprint density at radius 2 is 2.21 bits per heavy atom. The van der Waals surface area contributed by atoms with Crippen molar-refractivity contribution in [3.63, 3.8) is 0 Å². The quantitative estimate of drug-likeness (QED) is 0.917. The van der Waals surface area contributed by atoms with Crippen LogP contribution in [0.1, 0.15) is 61.3 Å². The number of aromatic nitrogens is 1. The molecule has 0 radical (unpaired) electrons. The third-order valence-electron chi connectivity index (χ3n) is 3.81. The first-order valence-electron chi connectivity index (χ1n) is 7.17. The van der Waals surface area contributed by atoms with Crippen LogP contribution in [0.4, 0.5) is 5.13 Å². The van der Waals surface area contributed by atoms with Gasteiger partial charge in [0.05, 0.1) is 5.69 Å². The number of carboxylic acids is 1. The molecule has 106 valence electrons. The topological polar surface area (TPSA) is 53.4 Å². The second-order valence-corrected chi connectivity index (χ2v) is 6.01. The lowest BCUT2D eigenvalue weighted by atomic mass is 10.1. The average molecular weight is 282 g/mol. The molecule has 1 atom stereocenters. The molecule has 5 heteroatoms. The fourth-order valence-corrected chi connectivity index (χ4v) is 3.81. The normalized spacial score (nSPS) is 20.3. The van der Waals surface area contributed by atoms with Crippen molar-refractivity contribution in [2.75, 3.05) is 11.4 Å². The summed E-state index contributed by atoms with van der Waals surface area (Å²) < 4.78 is 0. The first kappa shape index (κ1) is 14.3. The SMILES string of the molecule is CCc1nc(N2CCCCCC2CC)sc1C(=O)O. The molecule has 4 nitrogen and oxygen atoms in total. The van der Waals surface area contributed by atoms with Crippen LogP contribution in [0.15, 0.2) is 0 Å². The van der Waals surface area contributed by atoms with Gasteiger partial charge in [-0.05, 0) is 25.7 Å². The van der Waals surface area contributed by atoms with Gasteiger partial charge in [-0.15, -0.1) is 0 Å². The minimum atomic E-state index is -0.844. The Morgan fingerprint density at radius 3 is 2.79 bits per heavy atom. The number of aromatic carboxylic acids is 1. The van der Waals surface area contributed by atoms with Gasteiger partial charge in [-0.2, -0.15) is 0 Å². The summed E-state index contributed by atoms with van der Waals surface area (Å²) in [5.74, 6) is -0.844. The van der Waals surface area contributed by atoms with E-state index in [9.17, 15) is 9.90 Å². The van der Waals surface area contributed by atoms with Crippen molar-refractivity contribution in [1.82, 2.24) is 4.98 Å². The van der Waals surface area contributed by atoms with E-state index < -0.39 is 5.97 Å². The summed E-state index contributed by atoms with van der Waals surface area (Å²) in [7, 11) is 0. The van der Waals surface area contributed by atoms with Crippen molar-refractivity contribution in [3.8, 4) is 0 Å². The average Bonchev–Trinajstić information content (AvgIpc) is 2.69. The highest BCUT2D eigenvalue weighted by atomic mass is 32.1. The zero-order valence-electron chi connectivity index (χ0n) is 11.7. The monoisotopic (exact) mass is 282 g/mol. The van der Waals surface area contributed by atoms with E-state index in [2.05, 4.69) is 16.8 Å². The third-order valence-corrected chi connectivity index (χ3v) is 4.93. The van der Waals surface area contributed by atoms with Crippen molar-refractivity contribution in [2.45, 2.75) is 58.4 Å². The van der Waals surface area contributed by atoms with E-state index in [-0.39, 0.29) is 0 Å². The lowest BCUT2D eigenvalue weighted by molar-refractivity contribution is 0.0701. The van der Waals surface area contributed by atoms with E-state index in [1.54, 1.807) is 0 Å². The number of anilines is 1. The number of hydrogen-bond acceptors (Lipinski definition) is 4. The van der Waals surface area contributed by atoms with Crippen molar-refractivity contribution in [1.29, 1.82) is 0 Å². The van der Waals surface area contributed by atoms with Crippen LogP contribution in [-0.4, -0.2) is 28.6 Å². The number of thiazole rings is 1. The highest BCUT2D eigenvalue weighted by Gasteiger charge is 2.25. The van der Waals surface area contributed by atoms with Crippen molar-refractivity contribution < 1.29 is 9.90 Å². The third kappa shape index (κ3) is 3.08. The molecule has 2 heterocycles. The van der Waals surface area contributed by atoms with Gasteiger partial charge in [0.2, 0.25) is 0 Å². The largest absolute Gasteiger partial charge is 0.477 e. The summed E-state index contributed by atoms with van der Waals surface area (Å²) in [6.45, 7) is 5.18. The lowest BCUT2D eigenvalue weighted by Crippen LogP contribution is -2.34. The molecule has 0 aliphatic carbocycles. The number of aryl methyl sites for hydroxylation is 1. The first-order chi connectivity index (χ1) is 9.17. The molecule has 1 aromatic rings. The summed E-state index contributed by atoms with van der Waals surface area (Å²) >= 11 is 1.34. The Bertz CT molecular complexity index is 445. The molecule has 1 aliphatic heterocycles. The minimum Gasteiger partial charge on any atom is -0.477 e. The fraction of sp³-hybridized carbons (Fsp3) is 0.714. The van der Waals surface area contributed by atoms with Crippen molar-refractivity contribution >= 4 is 22.4 Å². The molecule has 0 saturated carbocycles. The Morgan fingerprint density at radius 1 is 1.42 bits per heavy atom. The number of carboxylic acid groups (broad SMARTS) is 1. The highest BCUT2D eigenvalue weighted by Crippen LogP contribution is 2.32. The maximum Gasteiger partial charge on any atom is 0.347 e. The summed E-state index contributed by atoms with van der Waals surface area (Å²) in [5.41, 5.74) is 0.728. The zero-order valence-corrected chi connectivity index (χ0v) is 12.5. The van der Waals surface area contributed by atoms with Gasteiger partial charge in [0.25, 0.3) is 0 Å². The van der Waals surface area contributed by atoms with Crippen molar-refractivity contribution in [3.05, 3.63) is 10.6 Å². The van der Waals surface area contributed by atoms with Crippen LogP contribution in [0.3, 0.4) is 0 Å². The van der Waals surface area contributed by atoms with E-state index in [0.717, 1.165) is 23.8 Å². The fourth-order valence-electron chi connectivity index (χ4n) is 2.72. The van der Waals surface area contributed by atoms with Gasteiger partial charge in [0.1, 0.15) is 4.88 Å². The molecular weight excluding hydrogens is 260 g/mol. The van der Waals surface area contributed by atoms with Gasteiger partial charge in [-0.3, -0.25) is 0 Å². The number of carbonyl (C=O) groups is 1. The second kappa shape index (κ2) is 6.37. The molecule has 0 aromatic carbocycles. The van der Waals surface area contributed by atoms with Crippen LogP contribution in [0.5, 0.6) is 0 Å². The molecule has 0 bridgehead atoms. The molecule has 1 saturated heterocycles. The van der Waals surface area contributed by atoms with Gasteiger partial charge in [-0.25, -0.2) is 9.78 Å². The number of hydrogen-bond donors (Lipinski definition) is 1. The summed E-state index contributed by atoms with van der Waals surface area (Å²) in [4.78, 5) is 18.6. The van der Waals surface area contributed by atoms with Crippen LogP contribution in [-0.2, 0) is 6.42 Å². The van der Waals surface area contributed by atoms with Gasteiger partial charge >= 0.3 is 5.97 Å². The maximum atomic E-state index is 11.2. The molecule has 2 rings (SSSR count). The predicted molar refractivity (Wildman–Crippen MR) is 78.3 cm³/mol. The second-order valence-electron chi connectivity index (χ2n) is 5.04. The summed E-state index contributed by atoms with van der Waals surface area (Å²) in [6.07, 6.45) is 6.70. The molecular formula is C14H22N2O2S. The molecule has 0 amide bonds. The van der Waals surface area contributed by atoms with Gasteiger partial charge < -0.3 is 10.0 Å². The van der Waals surface area contributed by atoms with E-state index in [1.165, 1.54) is 37.0 Å². The Labute approximate surface area is 118 Å². The summed E-state index contributed by atoms with van der Waals surface area (Å²) in [5, 5.41) is 10.1. The zero-order chi connectivity index (χ0) is 13.8. The van der Waals surface area contributed by atoms with Crippen LogP contribution in [0.2, 0.25) is 0 Å². The van der Waals surface area contributed by atoms with Gasteiger partial charge in [0, 0.05) is 12.6 Å². The Hall–Kier alpha value is -1.10. The maximum absolute atomic E-state index is 11.2. The summed E-state index contributed by atoms with van der Waals surface area (Å²) in [6, 6.07) is 0.514.